The normalized spacial score (nSPS) is 34.6. The minimum absolute atomic E-state index is 0. The van der Waals surface area contributed by atoms with E-state index in [2.05, 4.69) is 24.1 Å². The molecule has 3 atom stereocenters. The number of halogens is 1. The monoisotopic (exact) mass is 264 g/mol. The van der Waals surface area contributed by atoms with Gasteiger partial charge in [0.25, 0.3) is 0 Å². The highest BCUT2D eigenvalue weighted by atomic mass is 35.5. The molecule has 2 heterocycles. The minimum atomic E-state index is 0. The van der Waals surface area contributed by atoms with E-state index < -0.39 is 0 Å². The summed E-state index contributed by atoms with van der Waals surface area (Å²) in [4.78, 5) is 14.3. The highest BCUT2D eigenvalue weighted by Gasteiger charge is 2.33. The number of carbonyl (C=O) groups is 1. The second-order valence-corrected chi connectivity index (χ2v) is 6.02. The predicted octanol–water partition coefficient (Wildman–Crippen LogP) is 1.37. The first-order chi connectivity index (χ1) is 7.20. The van der Waals surface area contributed by atoms with Crippen LogP contribution in [0.4, 0.5) is 0 Å². The summed E-state index contributed by atoms with van der Waals surface area (Å²) >= 11 is 1.98. The van der Waals surface area contributed by atoms with E-state index in [1.807, 2.05) is 11.8 Å². The van der Waals surface area contributed by atoms with E-state index >= 15 is 0 Å². The Morgan fingerprint density at radius 1 is 1.44 bits per heavy atom. The summed E-state index contributed by atoms with van der Waals surface area (Å²) in [6.07, 6.45) is 1.02. The molecule has 2 rings (SSSR count). The summed E-state index contributed by atoms with van der Waals surface area (Å²) in [6.45, 7) is 7.22. The summed E-state index contributed by atoms with van der Waals surface area (Å²) in [5, 5.41) is 3.85. The van der Waals surface area contributed by atoms with Crippen LogP contribution < -0.4 is 5.32 Å². The minimum Gasteiger partial charge on any atom is -0.338 e. The van der Waals surface area contributed by atoms with Crippen LogP contribution in [0.15, 0.2) is 0 Å². The van der Waals surface area contributed by atoms with Crippen LogP contribution in [0.25, 0.3) is 0 Å². The van der Waals surface area contributed by atoms with E-state index in [4.69, 9.17) is 0 Å². The molecule has 0 spiro atoms. The summed E-state index contributed by atoms with van der Waals surface area (Å²) in [5.41, 5.74) is 0. The first-order valence-corrected chi connectivity index (χ1v) is 6.88. The van der Waals surface area contributed by atoms with Gasteiger partial charge in [-0.2, -0.15) is 11.8 Å². The summed E-state index contributed by atoms with van der Waals surface area (Å²) < 4.78 is 0. The molecule has 0 bridgehead atoms. The molecule has 16 heavy (non-hydrogen) atoms. The molecule has 2 aliphatic rings. The van der Waals surface area contributed by atoms with Gasteiger partial charge in [-0.1, -0.05) is 6.92 Å². The van der Waals surface area contributed by atoms with Crippen molar-refractivity contribution in [1.29, 1.82) is 0 Å². The summed E-state index contributed by atoms with van der Waals surface area (Å²) in [5.74, 6) is 1.71. The van der Waals surface area contributed by atoms with E-state index in [-0.39, 0.29) is 18.3 Å². The molecule has 3 nitrogen and oxygen atoms in total. The van der Waals surface area contributed by atoms with Crippen LogP contribution in [-0.4, -0.2) is 47.5 Å². The quantitative estimate of drug-likeness (QED) is 0.777. The van der Waals surface area contributed by atoms with Gasteiger partial charge in [-0.25, -0.2) is 0 Å². The van der Waals surface area contributed by atoms with E-state index in [1.165, 1.54) is 0 Å². The van der Waals surface area contributed by atoms with Crippen molar-refractivity contribution in [1.82, 2.24) is 10.2 Å². The number of thioether (sulfide) groups is 1. The smallest absolute Gasteiger partial charge is 0.227 e. The molecule has 1 amide bonds. The maximum atomic E-state index is 12.2. The molecule has 2 fully saturated rings. The van der Waals surface area contributed by atoms with Crippen molar-refractivity contribution in [2.24, 2.45) is 5.92 Å². The van der Waals surface area contributed by atoms with Gasteiger partial charge < -0.3 is 10.2 Å². The molecule has 5 heteroatoms. The fraction of sp³-hybridized carbons (Fsp3) is 0.909. The maximum absolute atomic E-state index is 12.2. The Kier molecular flexibility index (Phi) is 5.41. The van der Waals surface area contributed by atoms with Gasteiger partial charge in [0.1, 0.15) is 0 Å². The van der Waals surface area contributed by atoms with Gasteiger partial charge in [-0.15, -0.1) is 12.4 Å². The Labute approximate surface area is 108 Å². The second-order valence-electron chi connectivity index (χ2n) is 4.54. The number of carbonyl (C=O) groups excluding carboxylic acids is 1. The average molecular weight is 265 g/mol. The molecule has 2 saturated heterocycles. The molecule has 94 valence electrons. The van der Waals surface area contributed by atoms with E-state index in [0.717, 1.165) is 31.8 Å². The van der Waals surface area contributed by atoms with Crippen molar-refractivity contribution in [3.63, 3.8) is 0 Å². The van der Waals surface area contributed by atoms with Crippen molar-refractivity contribution in [2.45, 2.75) is 31.6 Å². The molecule has 0 saturated carbocycles. The lowest BCUT2D eigenvalue weighted by Crippen LogP contribution is -2.50. The molecular weight excluding hydrogens is 244 g/mol. The Balaban J connectivity index is 0.00000128. The highest BCUT2D eigenvalue weighted by Crippen LogP contribution is 2.26. The third-order valence-electron chi connectivity index (χ3n) is 3.58. The molecule has 0 aromatic carbocycles. The first-order valence-electron chi connectivity index (χ1n) is 5.83. The van der Waals surface area contributed by atoms with Crippen molar-refractivity contribution >= 4 is 30.1 Å². The van der Waals surface area contributed by atoms with Crippen molar-refractivity contribution in [3.8, 4) is 0 Å². The number of hydrogen-bond acceptors (Lipinski definition) is 3. The van der Waals surface area contributed by atoms with Crippen molar-refractivity contribution < 1.29 is 4.79 Å². The number of hydrogen-bond donors (Lipinski definition) is 1. The standard InChI is InChI=1S/C11H20N2OS.ClH/c1-8-9(2)15-6-5-13(8)11(14)10-3-4-12-7-10;/h8-10,12H,3-7H2,1-2H3;1H. The molecule has 2 aliphatic heterocycles. The van der Waals surface area contributed by atoms with Crippen LogP contribution in [0.2, 0.25) is 0 Å². The second kappa shape index (κ2) is 6.12. The van der Waals surface area contributed by atoms with Gasteiger partial charge in [-0.05, 0) is 19.9 Å². The zero-order valence-corrected chi connectivity index (χ0v) is 11.6. The third kappa shape index (κ3) is 2.84. The Morgan fingerprint density at radius 2 is 2.19 bits per heavy atom. The molecule has 0 aliphatic carbocycles. The molecule has 3 unspecified atom stereocenters. The molecule has 0 aromatic rings. The highest BCUT2D eigenvalue weighted by molar-refractivity contribution is 8.00. The molecule has 1 N–H and O–H groups in total. The summed E-state index contributed by atoms with van der Waals surface area (Å²) in [7, 11) is 0. The van der Waals surface area contributed by atoms with Gasteiger partial charge in [0.2, 0.25) is 5.91 Å². The van der Waals surface area contributed by atoms with Gasteiger partial charge >= 0.3 is 0 Å². The van der Waals surface area contributed by atoms with Crippen molar-refractivity contribution in [2.75, 3.05) is 25.4 Å². The third-order valence-corrected chi connectivity index (χ3v) is 4.91. The van der Waals surface area contributed by atoms with Crippen LogP contribution >= 0.6 is 24.2 Å². The average Bonchev–Trinajstić information content (AvgIpc) is 2.74. The fourth-order valence-electron chi connectivity index (χ4n) is 2.34. The van der Waals surface area contributed by atoms with Crippen LogP contribution in [0.5, 0.6) is 0 Å². The lowest BCUT2D eigenvalue weighted by atomic mass is 10.1. The first kappa shape index (κ1) is 14.1. The zero-order chi connectivity index (χ0) is 10.8. The van der Waals surface area contributed by atoms with Crippen LogP contribution in [0, 0.1) is 5.92 Å². The number of nitrogens with one attached hydrogen (secondary N) is 1. The van der Waals surface area contributed by atoms with E-state index in [9.17, 15) is 4.79 Å². The molecular formula is C11H21ClN2OS. The number of rotatable bonds is 1. The zero-order valence-electron chi connectivity index (χ0n) is 9.94. The SMILES string of the molecule is CC1SCCN(C(=O)C2CCNC2)C1C.Cl. The molecule has 0 aromatic heterocycles. The van der Waals surface area contributed by atoms with Crippen LogP contribution in [0.3, 0.4) is 0 Å². The van der Waals surface area contributed by atoms with Gasteiger partial charge in [0.05, 0.1) is 5.92 Å². The van der Waals surface area contributed by atoms with Crippen LogP contribution in [-0.2, 0) is 4.79 Å². The van der Waals surface area contributed by atoms with Gasteiger partial charge in [-0.3, -0.25) is 4.79 Å². The van der Waals surface area contributed by atoms with Crippen LogP contribution in [0.1, 0.15) is 20.3 Å². The fourth-order valence-corrected chi connectivity index (χ4v) is 3.44. The Bertz CT molecular complexity index is 246. The summed E-state index contributed by atoms with van der Waals surface area (Å²) in [6, 6.07) is 0.400. The maximum Gasteiger partial charge on any atom is 0.227 e. The van der Waals surface area contributed by atoms with E-state index in [1.54, 1.807) is 0 Å². The lowest BCUT2D eigenvalue weighted by Gasteiger charge is -2.38. The largest absolute Gasteiger partial charge is 0.338 e. The van der Waals surface area contributed by atoms with Crippen molar-refractivity contribution in [3.05, 3.63) is 0 Å². The number of amides is 1. The van der Waals surface area contributed by atoms with Gasteiger partial charge in [0, 0.05) is 30.1 Å². The Morgan fingerprint density at radius 3 is 2.81 bits per heavy atom. The van der Waals surface area contributed by atoms with E-state index in [0.29, 0.717) is 17.2 Å². The Hall–Kier alpha value is 0.0700. The topological polar surface area (TPSA) is 32.3 Å². The predicted molar refractivity (Wildman–Crippen MR) is 71.3 cm³/mol. The number of nitrogens with zero attached hydrogens (tertiary/aromatic N) is 1. The molecule has 0 radical (unpaired) electrons. The van der Waals surface area contributed by atoms with Gasteiger partial charge in [0.15, 0.2) is 0 Å². The lowest BCUT2D eigenvalue weighted by molar-refractivity contribution is -0.136.